The molecule has 0 N–H and O–H groups in total. The van der Waals surface area contributed by atoms with Crippen LogP contribution in [0.3, 0.4) is 0 Å². The van der Waals surface area contributed by atoms with E-state index < -0.39 is 12.1 Å². The first-order valence-electron chi connectivity index (χ1n) is 6.85. The molecule has 0 bridgehead atoms. The van der Waals surface area contributed by atoms with Gasteiger partial charge in [-0.1, -0.05) is 11.6 Å². The van der Waals surface area contributed by atoms with E-state index in [1.54, 1.807) is 47.0 Å². The fourth-order valence-electron chi connectivity index (χ4n) is 2.08. The first kappa shape index (κ1) is 15.2. The van der Waals surface area contributed by atoms with Crippen molar-refractivity contribution in [2.75, 3.05) is 0 Å². The van der Waals surface area contributed by atoms with Crippen molar-refractivity contribution in [3.63, 3.8) is 0 Å². The van der Waals surface area contributed by atoms with Crippen LogP contribution >= 0.6 is 11.6 Å². The molecule has 1 unspecified atom stereocenters. The number of carbonyl (C=O) groups is 2. The Kier molecular flexibility index (Phi) is 4.08. The third-order valence-corrected chi connectivity index (χ3v) is 3.56. The number of benzene rings is 1. The molecular weight excluding hydrogens is 318 g/mol. The SMILES string of the molecule is CC(OC(=O)c1ccc2nncn2c1)C(=O)c1ccc(Cl)cc1. The summed E-state index contributed by atoms with van der Waals surface area (Å²) >= 11 is 5.79. The van der Waals surface area contributed by atoms with Crippen LogP contribution in [0.25, 0.3) is 5.65 Å². The van der Waals surface area contributed by atoms with E-state index in [-0.39, 0.29) is 5.78 Å². The lowest BCUT2D eigenvalue weighted by atomic mass is 10.1. The third kappa shape index (κ3) is 3.22. The van der Waals surface area contributed by atoms with Crippen LogP contribution in [0, 0.1) is 0 Å². The molecule has 2 heterocycles. The van der Waals surface area contributed by atoms with E-state index in [1.807, 2.05) is 0 Å². The maximum atomic E-state index is 12.2. The smallest absolute Gasteiger partial charge is 0.340 e. The molecule has 1 aromatic carbocycles. The normalized spacial score (nSPS) is 12.1. The lowest BCUT2D eigenvalue weighted by Crippen LogP contribution is -2.24. The molecule has 23 heavy (non-hydrogen) atoms. The summed E-state index contributed by atoms with van der Waals surface area (Å²) < 4.78 is 6.83. The molecular formula is C16H12ClN3O3. The molecule has 2 aromatic heterocycles. The van der Waals surface area contributed by atoms with Crippen LogP contribution in [-0.2, 0) is 4.74 Å². The third-order valence-electron chi connectivity index (χ3n) is 3.31. The van der Waals surface area contributed by atoms with Crippen LogP contribution in [0.1, 0.15) is 27.6 Å². The highest BCUT2D eigenvalue weighted by Crippen LogP contribution is 2.14. The number of aromatic nitrogens is 3. The van der Waals surface area contributed by atoms with E-state index in [1.165, 1.54) is 13.3 Å². The summed E-state index contributed by atoms with van der Waals surface area (Å²) in [7, 11) is 0. The van der Waals surface area contributed by atoms with Crippen molar-refractivity contribution in [3.8, 4) is 0 Å². The summed E-state index contributed by atoms with van der Waals surface area (Å²) in [6.45, 7) is 1.53. The van der Waals surface area contributed by atoms with Gasteiger partial charge >= 0.3 is 5.97 Å². The highest BCUT2D eigenvalue weighted by atomic mass is 35.5. The Morgan fingerprint density at radius 3 is 2.57 bits per heavy atom. The number of ketones is 1. The van der Waals surface area contributed by atoms with Crippen LogP contribution < -0.4 is 0 Å². The molecule has 0 saturated carbocycles. The Balaban J connectivity index is 1.73. The molecule has 116 valence electrons. The van der Waals surface area contributed by atoms with E-state index in [0.717, 1.165) is 0 Å². The Morgan fingerprint density at radius 1 is 1.13 bits per heavy atom. The number of rotatable bonds is 4. The summed E-state index contributed by atoms with van der Waals surface area (Å²) in [6, 6.07) is 9.64. The minimum Gasteiger partial charge on any atom is -0.451 e. The standard InChI is InChI=1S/C16H12ClN3O3/c1-10(15(21)11-2-5-13(17)6-3-11)23-16(22)12-4-7-14-19-18-9-20(14)8-12/h2-10H,1H3. The second-order valence-corrected chi connectivity index (χ2v) is 5.37. The van der Waals surface area contributed by atoms with Crippen molar-refractivity contribution in [3.05, 3.63) is 65.1 Å². The monoisotopic (exact) mass is 329 g/mol. The zero-order valence-corrected chi connectivity index (χ0v) is 12.9. The molecule has 0 saturated heterocycles. The molecule has 6 nitrogen and oxygen atoms in total. The van der Waals surface area contributed by atoms with Gasteiger partial charge in [0.1, 0.15) is 6.33 Å². The van der Waals surface area contributed by atoms with Crippen molar-refractivity contribution in [1.82, 2.24) is 14.6 Å². The van der Waals surface area contributed by atoms with Crippen LogP contribution in [0.15, 0.2) is 48.9 Å². The average Bonchev–Trinajstić information content (AvgIpc) is 3.02. The topological polar surface area (TPSA) is 73.6 Å². The Labute approximate surface area is 136 Å². The molecule has 0 aliphatic carbocycles. The minimum atomic E-state index is -0.903. The van der Waals surface area contributed by atoms with E-state index in [9.17, 15) is 9.59 Å². The van der Waals surface area contributed by atoms with Crippen LogP contribution in [0.2, 0.25) is 5.02 Å². The molecule has 0 aliphatic rings. The second kappa shape index (κ2) is 6.18. The van der Waals surface area contributed by atoms with Gasteiger partial charge in [0.2, 0.25) is 5.78 Å². The van der Waals surface area contributed by atoms with Crippen molar-refractivity contribution in [2.24, 2.45) is 0 Å². The molecule has 0 aliphatic heterocycles. The van der Waals surface area contributed by atoms with Gasteiger partial charge in [0.25, 0.3) is 0 Å². The maximum Gasteiger partial charge on any atom is 0.340 e. The van der Waals surface area contributed by atoms with Gasteiger partial charge in [-0.2, -0.15) is 0 Å². The van der Waals surface area contributed by atoms with Gasteiger partial charge in [-0.15, -0.1) is 10.2 Å². The van der Waals surface area contributed by atoms with Gasteiger partial charge in [-0.05, 0) is 43.3 Å². The molecule has 1 atom stereocenters. The summed E-state index contributed by atoms with van der Waals surface area (Å²) in [5.74, 6) is -0.879. The Morgan fingerprint density at radius 2 is 1.83 bits per heavy atom. The summed E-state index contributed by atoms with van der Waals surface area (Å²) in [4.78, 5) is 24.4. The van der Waals surface area contributed by atoms with Crippen molar-refractivity contribution < 1.29 is 14.3 Å². The number of fused-ring (bicyclic) bond motifs is 1. The molecule has 0 amide bonds. The number of esters is 1. The summed E-state index contributed by atoms with van der Waals surface area (Å²) in [5, 5.41) is 8.12. The van der Waals surface area contributed by atoms with Crippen LogP contribution in [0.4, 0.5) is 0 Å². The Bertz CT molecular complexity index is 874. The maximum absolute atomic E-state index is 12.2. The van der Waals surface area contributed by atoms with Gasteiger partial charge in [-0.3, -0.25) is 9.20 Å². The zero-order chi connectivity index (χ0) is 16.4. The predicted octanol–water partition coefficient (Wildman–Crippen LogP) is 2.81. The number of pyridine rings is 1. The Hall–Kier alpha value is -2.73. The minimum absolute atomic E-state index is 0.291. The van der Waals surface area contributed by atoms with E-state index in [0.29, 0.717) is 21.8 Å². The largest absolute Gasteiger partial charge is 0.451 e. The van der Waals surface area contributed by atoms with Crippen LogP contribution in [0.5, 0.6) is 0 Å². The highest BCUT2D eigenvalue weighted by molar-refractivity contribution is 6.30. The van der Waals surface area contributed by atoms with Crippen molar-refractivity contribution in [2.45, 2.75) is 13.0 Å². The predicted molar refractivity (Wildman–Crippen MR) is 83.6 cm³/mol. The van der Waals surface area contributed by atoms with E-state index in [2.05, 4.69) is 10.2 Å². The first-order chi connectivity index (χ1) is 11.0. The number of Topliss-reactive ketones (excluding diaryl/α,β-unsaturated/α-hetero) is 1. The second-order valence-electron chi connectivity index (χ2n) is 4.93. The lowest BCUT2D eigenvalue weighted by molar-refractivity contribution is 0.0318. The quantitative estimate of drug-likeness (QED) is 0.543. The number of carbonyl (C=O) groups excluding carboxylic acids is 2. The van der Waals surface area contributed by atoms with Crippen molar-refractivity contribution in [1.29, 1.82) is 0 Å². The highest BCUT2D eigenvalue weighted by Gasteiger charge is 2.20. The number of nitrogens with zero attached hydrogens (tertiary/aromatic N) is 3. The molecule has 7 heteroatoms. The van der Waals surface area contributed by atoms with Gasteiger partial charge < -0.3 is 4.74 Å². The average molecular weight is 330 g/mol. The summed E-state index contributed by atoms with van der Waals surface area (Å²) in [6.07, 6.45) is 2.13. The molecule has 0 radical (unpaired) electrons. The van der Waals surface area contributed by atoms with E-state index in [4.69, 9.17) is 16.3 Å². The zero-order valence-electron chi connectivity index (χ0n) is 12.1. The van der Waals surface area contributed by atoms with Crippen LogP contribution in [-0.4, -0.2) is 32.5 Å². The fraction of sp³-hybridized carbons (Fsp3) is 0.125. The molecule has 0 spiro atoms. The lowest BCUT2D eigenvalue weighted by Gasteiger charge is -2.12. The fourth-order valence-corrected chi connectivity index (χ4v) is 2.21. The van der Waals surface area contributed by atoms with Crippen molar-refractivity contribution >= 4 is 29.0 Å². The number of hydrogen-bond acceptors (Lipinski definition) is 5. The van der Waals surface area contributed by atoms with E-state index >= 15 is 0 Å². The van der Waals surface area contributed by atoms with Gasteiger partial charge in [0.15, 0.2) is 11.8 Å². The molecule has 0 fully saturated rings. The molecule has 3 aromatic rings. The van der Waals surface area contributed by atoms with Gasteiger partial charge in [-0.25, -0.2) is 4.79 Å². The number of ether oxygens (including phenoxy) is 1. The first-order valence-corrected chi connectivity index (χ1v) is 7.22. The molecule has 3 rings (SSSR count). The summed E-state index contributed by atoms with van der Waals surface area (Å²) in [5.41, 5.74) is 1.36. The van der Waals surface area contributed by atoms with Gasteiger partial charge in [0.05, 0.1) is 5.56 Å². The number of halogens is 1. The number of hydrogen-bond donors (Lipinski definition) is 0. The van der Waals surface area contributed by atoms with Gasteiger partial charge in [0, 0.05) is 16.8 Å².